The van der Waals surface area contributed by atoms with E-state index in [0.717, 1.165) is 67.4 Å². The zero-order valence-corrected chi connectivity index (χ0v) is 24.0. The van der Waals surface area contributed by atoms with Crippen LogP contribution in [0, 0.1) is 0 Å². The standard InChI is InChI=1S/C31H30N2O3S2.ClH/c34-30-29(17-16-28(24-8-3-1-4-9-24)25-10-5-2-6-11-25)38-31(37)33(30)26-12-14-27(15-13-26)36-21-7-18-32-19-22-35-23-20-32;/h1-6,8-17H,7,18-23H2;1H. The number of benzene rings is 3. The summed E-state index contributed by atoms with van der Waals surface area (Å²) in [5, 5.41) is 0. The minimum Gasteiger partial charge on any atom is -0.494 e. The Morgan fingerprint density at radius 2 is 1.54 bits per heavy atom. The van der Waals surface area contributed by atoms with Crippen LogP contribution >= 0.6 is 36.4 Å². The van der Waals surface area contributed by atoms with E-state index in [1.165, 1.54) is 11.8 Å². The molecule has 3 aromatic rings. The predicted molar refractivity (Wildman–Crippen MR) is 167 cm³/mol. The summed E-state index contributed by atoms with van der Waals surface area (Å²) in [6.45, 7) is 5.26. The second kappa shape index (κ2) is 14.4. The van der Waals surface area contributed by atoms with Gasteiger partial charge in [0, 0.05) is 19.6 Å². The number of rotatable bonds is 9. The van der Waals surface area contributed by atoms with Crippen LogP contribution in [0.4, 0.5) is 5.69 Å². The van der Waals surface area contributed by atoms with Crippen molar-refractivity contribution >= 4 is 57.9 Å². The van der Waals surface area contributed by atoms with Crippen molar-refractivity contribution in [2.75, 3.05) is 44.4 Å². The maximum absolute atomic E-state index is 13.3. The topological polar surface area (TPSA) is 42.0 Å². The van der Waals surface area contributed by atoms with Gasteiger partial charge in [0.05, 0.1) is 30.4 Å². The first-order valence-corrected chi connectivity index (χ1v) is 14.0. The lowest BCUT2D eigenvalue weighted by atomic mass is 9.97. The second-order valence-electron chi connectivity index (χ2n) is 9.00. The fourth-order valence-electron chi connectivity index (χ4n) is 4.45. The van der Waals surface area contributed by atoms with Gasteiger partial charge in [0.1, 0.15) is 5.75 Å². The van der Waals surface area contributed by atoms with Gasteiger partial charge in [-0.25, -0.2) is 0 Å². The number of hydrogen-bond donors (Lipinski definition) is 0. The first-order valence-electron chi connectivity index (χ1n) is 12.8. The van der Waals surface area contributed by atoms with Gasteiger partial charge in [-0.05, 0) is 53.5 Å². The van der Waals surface area contributed by atoms with Gasteiger partial charge in [0.15, 0.2) is 4.32 Å². The second-order valence-corrected chi connectivity index (χ2v) is 10.7. The Kier molecular flexibility index (Phi) is 10.8. The molecule has 2 aliphatic rings. The summed E-state index contributed by atoms with van der Waals surface area (Å²) >= 11 is 6.91. The van der Waals surface area contributed by atoms with Crippen molar-refractivity contribution < 1.29 is 14.3 Å². The predicted octanol–water partition coefficient (Wildman–Crippen LogP) is 6.59. The quantitative estimate of drug-likeness (QED) is 0.162. The Hall–Kier alpha value is -2.94. The number of anilines is 1. The summed E-state index contributed by atoms with van der Waals surface area (Å²) < 4.78 is 11.8. The van der Waals surface area contributed by atoms with Crippen molar-refractivity contribution in [2.24, 2.45) is 0 Å². The van der Waals surface area contributed by atoms with E-state index in [-0.39, 0.29) is 18.3 Å². The fraction of sp³-hybridized carbons (Fsp3) is 0.226. The van der Waals surface area contributed by atoms with E-state index in [1.807, 2.05) is 72.8 Å². The monoisotopic (exact) mass is 578 g/mol. The SMILES string of the molecule is Cl.O=C1C(=CC=C(c2ccccc2)c2ccccc2)SC(=S)N1c1ccc(OCCCN2CCOCC2)cc1. The molecule has 0 unspecified atom stereocenters. The normalized spacial score (nSPS) is 16.7. The van der Waals surface area contributed by atoms with Crippen molar-refractivity contribution in [3.63, 3.8) is 0 Å². The van der Waals surface area contributed by atoms with Crippen LogP contribution in [0.3, 0.4) is 0 Å². The largest absolute Gasteiger partial charge is 0.494 e. The van der Waals surface area contributed by atoms with Gasteiger partial charge in [0.2, 0.25) is 0 Å². The summed E-state index contributed by atoms with van der Waals surface area (Å²) in [5.41, 5.74) is 3.97. The van der Waals surface area contributed by atoms with Gasteiger partial charge < -0.3 is 9.47 Å². The fourth-order valence-corrected chi connectivity index (χ4v) is 5.69. The van der Waals surface area contributed by atoms with Crippen molar-refractivity contribution in [1.29, 1.82) is 0 Å². The smallest absolute Gasteiger partial charge is 0.270 e. The van der Waals surface area contributed by atoms with Gasteiger partial charge in [0.25, 0.3) is 5.91 Å². The molecule has 0 aliphatic carbocycles. The molecule has 202 valence electrons. The van der Waals surface area contributed by atoms with Gasteiger partial charge in [-0.3, -0.25) is 14.6 Å². The summed E-state index contributed by atoms with van der Waals surface area (Å²) in [4.78, 5) is 17.9. The Morgan fingerprint density at radius 1 is 0.923 bits per heavy atom. The summed E-state index contributed by atoms with van der Waals surface area (Å²) in [6, 6.07) is 27.9. The van der Waals surface area contributed by atoms with Gasteiger partial charge in [-0.1, -0.05) is 90.7 Å². The molecule has 2 fully saturated rings. The lowest BCUT2D eigenvalue weighted by molar-refractivity contribution is -0.113. The summed E-state index contributed by atoms with van der Waals surface area (Å²) in [5.74, 6) is 0.672. The molecule has 3 aromatic carbocycles. The van der Waals surface area contributed by atoms with Crippen LogP contribution in [0.1, 0.15) is 17.5 Å². The molecule has 0 radical (unpaired) electrons. The number of thioether (sulfide) groups is 1. The third kappa shape index (κ3) is 7.59. The van der Waals surface area contributed by atoms with E-state index in [9.17, 15) is 4.79 Å². The lowest BCUT2D eigenvalue weighted by Gasteiger charge is -2.26. The molecule has 0 spiro atoms. The van der Waals surface area contributed by atoms with E-state index in [2.05, 4.69) is 29.2 Å². The van der Waals surface area contributed by atoms with Gasteiger partial charge in [-0.2, -0.15) is 0 Å². The zero-order chi connectivity index (χ0) is 26.2. The van der Waals surface area contributed by atoms with E-state index in [0.29, 0.717) is 15.8 Å². The zero-order valence-electron chi connectivity index (χ0n) is 21.5. The Balaban J connectivity index is 0.00000353. The Bertz CT molecular complexity index is 1270. The summed E-state index contributed by atoms with van der Waals surface area (Å²) in [7, 11) is 0. The Labute approximate surface area is 245 Å². The molecule has 0 atom stereocenters. The highest BCUT2D eigenvalue weighted by Crippen LogP contribution is 2.36. The molecule has 39 heavy (non-hydrogen) atoms. The third-order valence-corrected chi connectivity index (χ3v) is 7.77. The van der Waals surface area contributed by atoms with Gasteiger partial charge in [-0.15, -0.1) is 12.4 Å². The van der Waals surface area contributed by atoms with Crippen LogP contribution in [0.2, 0.25) is 0 Å². The number of halogens is 1. The molecule has 0 aromatic heterocycles. The molecule has 0 bridgehead atoms. The molecular formula is C31H31ClN2O3S2. The molecule has 2 aliphatic heterocycles. The Morgan fingerprint density at radius 3 is 2.15 bits per heavy atom. The molecule has 2 heterocycles. The molecule has 2 saturated heterocycles. The number of morpholine rings is 1. The van der Waals surface area contributed by atoms with E-state index >= 15 is 0 Å². The molecular weight excluding hydrogens is 548 g/mol. The molecule has 1 amide bonds. The highest BCUT2D eigenvalue weighted by Gasteiger charge is 2.33. The number of allylic oxidation sites excluding steroid dienone is 2. The molecule has 0 N–H and O–H groups in total. The molecule has 5 nitrogen and oxygen atoms in total. The molecule has 8 heteroatoms. The van der Waals surface area contributed by atoms with Crippen molar-refractivity contribution in [3.05, 3.63) is 113 Å². The van der Waals surface area contributed by atoms with Gasteiger partial charge >= 0.3 is 0 Å². The lowest BCUT2D eigenvalue weighted by Crippen LogP contribution is -2.37. The highest BCUT2D eigenvalue weighted by atomic mass is 35.5. The molecule has 5 rings (SSSR count). The number of carbonyl (C=O) groups is 1. The van der Waals surface area contributed by atoms with Crippen LogP contribution in [-0.2, 0) is 9.53 Å². The number of hydrogen-bond acceptors (Lipinski definition) is 6. The van der Waals surface area contributed by atoms with Crippen LogP contribution in [0.5, 0.6) is 5.75 Å². The van der Waals surface area contributed by atoms with Crippen molar-refractivity contribution in [1.82, 2.24) is 4.90 Å². The minimum atomic E-state index is -0.115. The third-order valence-electron chi connectivity index (χ3n) is 6.45. The van der Waals surface area contributed by atoms with Crippen LogP contribution in [0.25, 0.3) is 5.57 Å². The number of amides is 1. The number of carbonyl (C=O) groups excluding carboxylic acids is 1. The van der Waals surface area contributed by atoms with E-state index < -0.39 is 0 Å². The average Bonchev–Trinajstić information content (AvgIpc) is 3.25. The first-order chi connectivity index (χ1) is 18.7. The molecule has 0 saturated carbocycles. The number of ether oxygens (including phenoxy) is 2. The van der Waals surface area contributed by atoms with Crippen LogP contribution in [-0.4, -0.2) is 54.6 Å². The summed E-state index contributed by atoms with van der Waals surface area (Å²) in [6.07, 6.45) is 4.84. The van der Waals surface area contributed by atoms with Crippen LogP contribution < -0.4 is 9.64 Å². The van der Waals surface area contributed by atoms with E-state index in [4.69, 9.17) is 21.7 Å². The number of nitrogens with zero attached hydrogens (tertiary/aromatic N) is 2. The van der Waals surface area contributed by atoms with E-state index in [1.54, 1.807) is 4.90 Å². The maximum Gasteiger partial charge on any atom is 0.270 e. The number of thiocarbonyl (C=S) groups is 1. The average molecular weight is 579 g/mol. The van der Waals surface area contributed by atoms with Crippen molar-refractivity contribution in [3.8, 4) is 5.75 Å². The maximum atomic E-state index is 13.3. The minimum absolute atomic E-state index is 0. The highest BCUT2D eigenvalue weighted by molar-refractivity contribution is 8.27. The van der Waals surface area contributed by atoms with Crippen LogP contribution in [0.15, 0.2) is 102 Å². The first kappa shape index (κ1) is 29.1. The van der Waals surface area contributed by atoms with Crippen molar-refractivity contribution in [2.45, 2.75) is 6.42 Å².